The van der Waals surface area contributed by atoms with E-state index < -0.39 is 27.4 Å². The molecular formula is C13H16FNO4S. The summed E-state index contributed by atoms with van der Waals surface area (Å²) in [5.74, 6) is -2.43. The van der Waals surface area contributed by atoms with E-state index in [1.54, 1.807) is 12.2 Å². The van der Waals surface area contributed by atoms with Crippen molar-refractivity contribution in [3.63, 3.8) is 0 Å². The van der Waals surface area contributed by atoms with E-state index in [1.165, 1.54) is 6.92 Å². The Bertz CT molecular complexity index is 638. The molecule has 0 radical (unpaired) electrons. The van der Waals surface area contributed by atoms with Gasteiger partial charge in [-0.15, -0.1) is 0 Å². The van der Waals surface area contributed by atoms with Crippen molar-refractivity contribution in [2.24, 2.45) is 0 Å². The van der Waals surface area contributed by atoms with Gasteiger partial charge in [0.1, 0.15) is 5.82 Å². The molecule has 0 aromatic heterocycles. The zero-order chi connectivity index (χ0) is 15.3. The lowest BCUT2D eigenvalue weighted by atomic mass is 10.1. The molecular weight excluding hydrogens is 285 g/mol. The van der Waals surface area contributed by atoms with Crippen LogP contribution in [0.5, 0.6) is 0 Å². The molecule has 0 saturated heterocycles. The second-order valence-electron chi connectivity index (χ2n) is 4.16. The number of aryl methyl sites for hydroxylation is 1. The number of carboxylic acid groups (broad SMARTS) is 1. The third-order valence-corrected chi connectivity index (χ3v) is 4.05. The number of carbonyl (C=O) groups is 1. The Morgan fingerprint density at radius 2 is 2.10 bits per heavy atom. The highest BCUT2D eigenvalue weighted by atomic mass is 32.2. The number of allylic oxidation sites excluding steroid dienone is 1. The first-order chi connectivity index (χ1) is 9.29. The number of benzene rings is 1. The van der Waals surface area contributed by atoms with Crippen LogP contribution in [-0.4, -0.2) is 26.0 Å². The van der Waals surface area contributed by atoms with E-state index in [0.717, 1.165) is 12.1 Å². The molecule has 20 heavy (non-hydrogen) atoms. The monoisotopic (exact) mass is 301 g/mol. The van der Waals surface area contributed by atoms with Crippen LogP contribution >= 0.6 is 0 Å². The summed E-state index contributed by atoms with van der Waals surface area (Å²) in [6.45, 7) is 3.32. The van der Waals surface area contributed by atoms with Crippen LogP contribution in [0.2, 0.25) is 0 Å². The van der Waals surface area contributed by atoms with Gasteiger partial charge < -0.3 is 5.11 Å². The molecule has 7 heteroatoms. The largest absolute Gasteiger partial charge is 0.478 e. The van der Waals surface area contributed by atoms with Crippen molar-refractivity contribution in [3.8, 4) is 0 Å². The van der Waals surface area contributed by atoms with Crippen molar-refractivity contribution >= 4 is 16.0 Å². The minimum Gasteiger partial charge on any atom is -0.478 e. The van der Waals surface area contributed by atoms with Gasteiger partial charge in [0.25, 0.3) is 0 Å². The Kier molecular flexibility index (Phi) is 5.41. The molecule has 0 spiro atoms. The molecule has 0 bridgehead atoms. The van der Waals surface area contributed by atoms with Crippen LogP contribution in [0.15, 0.2) is 29.2 Å². The third kappa shape index (κ3) is 3.88. The molecule has 2 N–H and O–H groups in total. The number of hydrogen-bond acceptors (Lipinski definition) is 3. The molecule has 0 unspecified atom stereocenters. The number of hydrogen-bond donors (Lipinski definition) is 2. The van der Waals surface area contributed by atoms with Crippen molar-refractivity contribution in [3.05, 3.63) is 41.2 Å². The van der Waals surface area contributed by atoms with E-state index in [4.69, 9.17) is 5.11 Å². The SMILES string of the molecule is C/C=C/CCNS(=O)(=O)c1cc(C)c(F)c(C(=O)O)c1. The zero-order valence-corrected chi connectivity index (χ0v) is 12.0. The highest BCUT2D eigenvalue weighted by Gasteiger charge is 2.20. The highest BCUT2D eigenvalue weighted by Crippen LogP contribution is 2.19. The lowest BCUT2D eigenvalue weighted by molar-refractivity contribution is 0.0691. The van der Waals surface area contributed by atoms with Gasteiger partial charge in [-0.05, 0) is 38.0 Å². The Morgan fingerprint density at radius 3 is 2.65 bits per heavy atom. The van der Waals surface area contributed by atoms with E-state index in [2.05, 4.69) is 4.72 Å². The molecule has 0 atom stereocenters. The van der Waals surface area contributed by atoms with Gasteiger partial charge >= 0.3 is 5.97 Å². The molecule has 0 aliphatic rings. The van der Waals surface area contributed by atoms with Crippen LogP contribution in [0.4, 0.5) is 4.39 Å². The summed E-state index contributed by atoms with van der Waals surface area (Å²) in [6.07, 6.45) is 4.10. The van der Waals surface area contributed by atoms with Crippen LogP contribution in [0.1, 0.15) is 29.3 Å². The number of sulfonamides is 1. The van der Waals surface area contributed by atoms with Crippen molar-refractivity contribution in [2.45, 2.75) is 25.2 Å². The van der Waals surface area contributed by atoms with Crippen LogP contribution in [0.25, 0.3) is 0 Å². The van der Waals surface area contributed by atoms with Gasteiger partial charge in [0.2, 0.25) is 10.0 Å². The number of aromatic carboxylic acids is 1. The molecule has 0 heterocycles. The zero-order valence-electron chi connectivity index (χ0n) is 11.2. The molecule has 0 aliphatic carbocycles. The summed E-state index contributed by atoms with van der Waals surface area (Å²) < 4.78 is 39.9. The maximum atomic E-state index is 13.6. The first-order valence-electron chi connectivity index (χ1n) is 5.94. The fraction of sp³-hybridized carbons (Fsp3) is 0.308. The minimum atomic E-state index is -3.85. The van der Waals surface area contributed by atoms with Gasteiger partial charge in [-0.2, -0.15) is 0 Å². The molecule has 0 fully saturated rings. The van der Waals surface area contributed by atoms with Gasteiger partial charge in [-0.25, -0.2) is 22.3 Å². The number of carboxylic acids is 1. The Labute approximate surface area is 117 Å². The van der Waals surface area contributed by atoms with E-state index in [-0.39, 0.29) is 17.0 Å². The summed E-state index contributed by atoms with van der Waals surface area (Å²) in [5, 5.41) is 8.86. The van der Waals surface area contributed by atoms with Crippen molar-refractivity contribution in [1.82, 2.24) is 4.72 Å². The average molecular weight is 301 g/mol. The molecule has 110 valence electrons. The summed E-state index contributed by atoms with van der Waals surface area (Å²) >= 11 is 0. The second kappa shape index (κ2) is 6.62. The van der Waals surface area contributed by atoms with Crippen molar-refractivity contribution in [1.29, 1.82) is 0 Å². The standard InChI is InChI=1S/C13H16FNO4S/c1-3-4-5-6-15-20(18,19)10-7-9(2)12(14)11(8-10)13(16)17/h3-4,7-8,15H,5-6H2,1-2H3,(H,16,17)/b4-3+. The fourth-order valence-corrected chi connectivity index (χ4v) is 2.73. The quantitative estimate of drug-likeness (QED) is 0.622. The maximum absolute atomic E-state index is 13.6. The fourth-order valence-electron chi connectivity index (χ4n) is 1.57. The summed E-state index contributed by atoms with van der Waals surface area (Å²) in [4.78, 5) is 10.6. The average Bonchev–Trinajstić information content (AvgIpc) is 2.37. The van der Waals surface area contributed by atoms with E-state index in [1.807, 2.05) is 6.92 Å². The third-order valence-electron chi connectivity index (χ3n) is 2.61. The number of halogens is 1. The molecule has 1 aromatic carbocycles. The maximum Gasteiger partial charge on any atom is 0.338 e. The first kappa shape index (κ1) is 16.3. The van der Waals surface area contributed by atoms with E-state index >= 15 is 0 Å². The predicted octanol–water partition coefficient (Wildman–Crippen LogP) is 2.08. The summed E-state index contributed by atoms with van der Waals surface area (Å²) in [7, 11) is -3.85. The number of nitrogens with one attached hydrogen (secondary N) is 1. The number of rotatable bonds is 6. The van der Waals surface area contributed by atoms with Gasteiger partial charge in [-0.1, -0.05) is 12.2 Å². The predicted molar refractivity (Wildman–Crippen MR) is 72.7 cm³/mol. The molecule has 1 aromatic rings. The summed E-state index contributed by atoms with van der Waals surface area (Å²) in [5.41, 5.74) is -0.683. The Hall–Kier alpha value is -1.73. The summed E-state index contributed by atoms with van der Waals surface area (Å²) in [6, 6.07) is 1.93. The van der Waals surface area contributed by atoms with Crippen LogP contribution in [0.3, 0.4) is 0 Å². The van der Waals surface area contributed by atoms with Crippen LogP contribution < -0.4 is 4.72 Å². The van der Waals surface area contributed by atoms with E-state index in [9.17, 15) is 17.6 Å². The highest BCUT2D eigenvalue weighted by molar-refractivity contribution is 7.89. The first-order valence-corrected chi connectivity index (χ1v) is 7.42. The van der Waals surface area contributed by atoms with Crippen molar-refractivity contribution < 1.29 is 22.7 Å². The normalized spacial score (nSPS) is 11.9. The lowest BCUT2D eigenvalue weighted by Crippen LogP contribution is -2.25. The molecule has 5 nitrogen and oxygen atoms in total. The minimum absolute atomic E-state index is 0.0290. The Balaban J connectivity index is 3.09. The van der Waals surface area contributed by atoms with E-state index in [0.29, 0.717) is 6.42 Å². The van der Waals surface area contributed by atoms with Gasteiger partial charge in [0.15, 0.2) is 0 Å². The lowest BCUT2D eigenvalue weighted by Gasteiger charge is -2.09. The Morgan fingerprint density at radius 1 is 1.45 bits per heavy atom. The molecule has 0 amide bonds. The molecule has 0 saturated carbocycles. The van der Waals surface area contributed by atoms with Crippen molar-refractivity contribution in [2.75, 3.05) is 6.54 Å². The molecule has 0 aliphatic heterocycles. The second-order valence-corrected chi connectivity index (χ2v) is 5.93. The van der Waals surface area contributed by atoms with Crippen LogP contribution in [0, 0.1) is 12.7 Å². The van der Waals surface area contributed by atoms with Gasteiger partial charge in [-0.3, -0.25) is 0 Å². The smallest absolute Gasteiger partial charge is 0.338 e. The van der Waals surface area contributed by atoms with Crippen LogP contribution in [-0.2, 0) is 10.0 Å². The van der Waals surface area contributed by atoms with Gasteiger partial charge in [0.05, 0.1) is 10.5 Å². The van der Waals surface area contributed by atoms with Gasteiger partial charge in [0, 0.05) is 6.54 Å². The topological polar surface area (TPSA) is 83.5 Å². The molecule has 1 rings (SSSR count).